The van der Waals surface area contributed by atoms with Crippen LogP contribution in [0.5, 0.6) is 5.88 Å². The molecule has 0 saturated carbocycles. The molecule has 0 spiro atoms. The van der Waals surface area contributed by atoms with Gasteiger partial charge in [0.15, 0.2) is 0 Å². The quantitative estimate of drug-likeness (QED) is 0.898. The van der Waals surface area contributed by atoms with E-state index < -0.39 is 12.6 Å². The van der Waals surface area contributed by atoms with Crippen LogP contribution in [0.15, 0.2) is 30.5 Å². The number of ether oxygens (including phenoxy) is 1. The van der Waals surface area contributed by atoms with Crippen molar-refractivity contribution in [2.45, 2.75) is 13.3 Å². The van der Waals surface area contributed by atoms with Gasteiger partial charge in [0.05, 0.1) is 5.56 Å². The van der Waals surface area contributed by atoms with E-state index in [4.69, 9.17) is 9.84 Å². The summed E-state index contributed by atoms with van der Waals surface area (Å²) < 4.78 is 19.8. The Morgan fingerprint density at radius 2 is 2.26 bits per heavy atom. The predicted molar refractivity (Wildman–Crippen MR) is 65.8 cm³/mol. The van der Waals surface area contributed by atoms with Gasteiger partial charge >= 0.3 is 5.97 Å². The van der Waals surface area contributed by atoms with E-state index in [-0.39, 0.29) is 12.2 Å². The lowest BCUT2D eigenvalue weighted by atomic mass is 10.0. The lowest BCUT2D eigenvalue weighted by Crippen LogP contribution is -2.09. The number of aryl methyl sites for hydroxylation is 1. The highest BCUT2D eigenvalue weighted by Gasteiger charge is 2.14. The first-order valence-electron chi connectivity index (χ1n) is 5.64. The smallest absolute Gasteiger partial charge is 0.336 e. The zero-order chi connectivity index (χ0) is 13.8. The summed E-state index contributed by atoms with van der Waals surface area (Å²) in [6.45, 7) is -0.763. The first-order valence-corrected chi connectivity index (χ1v) is 5.64. The summed E-state index contributed by atoms with van der Waals surface area (Å²) in [5.41, 5.74) is 0.699. The van der Waals surface area contributed by atoms with E-state index in [2.05, 4.69) is 5.10 Å². The fourth-order valence-corrected chi connectivity index (χ4v) is 1.75. The van der Waals surface area contributed by atoms with Gasteiger partial charge in [-0.2, -0.15) is 0 Å². The monoisotopic (exact) mass is 264 g/mol. The second-order valence-corrected chi connectivity index (χ2v) is 4.00. The van der Waals surface area contributed by atoms with Crippen molar-refractivity contribution in [3.8, 4) is 5.88 Å². The van der Waals surface area contributed by atoms with Crippen molar-refractivity contribution < 1.29 is 19.0 Å². The molecule has 6 heteroatoms. The molecule has 0 radical (unpaired) electrons. The molecule has 1 heterocycles. The third-order valence-electron chi connectivity index (χ3n) is 2.70. The van der Waals surface area contributed by atoms with E-state index in [1.54, 1.807) is 30.1 Å². The van der Waals surface area contributed by atoms with E-state index in [1.165, 1.54) is 12.1 Å². The van der Waals surface area contributed by atoms with Crippen molar-refractivity contribution in [2.75, 3.05) is 0 Å². The molecule has 0 aliphatic carbocycles. The molecule has 100 valence electrons. The number of nitrogens with zero attached hydrogens (tertiary/aromatic N) is 2. The van der Waals surface area contributed by atoms with Gasteiger partial charge in [-0.15, -0.1) is 5.10 Å². The van der Waals surface area contributed by atoms with Crippen LogP contribution in [0.1, 0.15) is 21.5 Å². The number of aromatic carboxylic acids is 1. The van der Waals surface area contributed by atoms with Gasteiger partial charge in [0, 0.05) is 24.9 Å². The Bertz CT molecular complexity index is 595. The third kappa shape index (κ3) is 2.90. The summed E-state index contributed by atoms with van der Waals surface area (Å²) in [4.78, 5) is 11.1. The Morgan fingerprint density at radius 1 is 1.47 bits per heavy atom. The maximum Gasteiger partial charge on any atom is 0.336 e. The van der Waals surface area contributed by atoms with Crippen LogP contribution in [-0.2, 0) is 20.3 Å². The SMILES string of the molecule is Cn1ccc(OCc2c(CF)cccc2C(=O)O)n1. The standard InChI is InChI=1S/C13H13FN2O3/c1-16-6-5-12(15-16)19-8-11-9(7-14)3-2-4-10(11)13(17)18/h2-6H,7-8H2,1H3,(H,17,18). The van der Waals surface area contributed by atoms with Crippen LogP contribution in [0.25, 0.3) is 0 Å². The van der Waals surface area contributed by atoms with Crippen molar-refractivity contribution in [2.24, 2.45) is 7.05 Å². The van der Waals surface area contributed by atoms with Crippen LogP contribution in [0.4, 0.5) is 4.39 Å². The van der Waals surface area contributed by atoms with E-state index >= 15 is 0 Å². The highest BCUT2D eigenvalue weighted by molar-refractivity contribution is 5.89. The van der Waals surface area contributed by atoms with Crippen molar-refractivity contribution in [1.29, 1.82) is 0 Å². The Kier molecular flexibility index (Phi) is 3.79. The maximum absolute atomic E-state index is 12.9. The normalized spacial score (nSPS) is 10.4. The molecule has 5 nitrogen and oxygen atoms in total. The molecule has 2 aromatic rings. The second-order valence-electron chi connectivity index (χ2n) is 4.00. The van der Waals surface area contributed by atoms with Gasteiger partial charge in [-0.25, -0.2) is 9.18 Å². The van der Waals surface area contributed by atoms with Gasteiger partial charge in [-0.1, -0.05) is 12.1 Å². The Labute approximate surface area is 109 Å². The molecular weight excluding hydrogens is 251 g/mol. The van der Waals surface area contributed by atoms with E-state index in [1.807, 2.05) is 0 Å². The number of carboxylic acid groups (broad SMARTS) is 1. The van der Waals surface area contributed by atoms with Crippen molar-refractivity contribution >= 4 is 5.97 Å². The minimum Gasteiger partial charge on any atom is -0.478 e. The van der Waals surface area contributed by atoms with Crippen LogP contribution in [0.3, 0.4) is 0 Å². The molecule has 0 saturated heterocycles. The van der Waals surface area contributed by atoms with E-state index in [0.29, 0.717) is 17.0 Å². The summed E-state index contributed by atoms with van der Waals surface area (Å²) in [5, 5.41) is 13.1. The molecule has 1 aromatic carbocycles. The number of halogens is 1. The predicted octanol–water partition coefficient (Wildman–Crippen LogP) is 2.17. The minimum atomic E-state index is -1.10. The molecule has 2 rings (SSSR count). The topological polar surface area (TPSA) is 64.3 Å². The van der Waals surface area contributed by atoms with Gasteiger partial charge in [-0.3, -0.25) is 4.68 Å². The highest BCUT2D eigenvalue weighted by Crippen LogP contribution is 2.19. The molecule has 1 N–H and O–H groups in total. The van der Waals surface area contributed by atoms with Crippen LogP contribution < -0.4 is 4.74 Å². The molecule has 1 aromatic heterocycles. The first kappa shape index (κ1) is 13.1. The summed E-state index contributed by atoms with van der Waals surface area (Å²) in [6, 6.07) is 6.14. The van der Waals surface area contributed by atoms with Gasteiger partial charge in [0.1, 0.15) is 13.3 Å². The number of carboxylic acids is 1. The summed E-state index contributed by atoms with van der Waals surface area (Å²) in [7, 11) is 1.74. The maximum atomic E-state index is 12.9. The van der Waals surface area contributed by atoms with Gasteiger partial charge in [0.25, 0.3) is 0 Å². The number of hydrogen-bond acceptors (Lipinski definition) is 3. The Balaban J connectivity index is 2.25. The summed E-state index contributed by atoms with van der Waals surface area (Å²) in [6.07, 6.45) is 1.70. The molecule has 19 heavy (non-hydrogen) atoms. The van der Waals surface area contributed by atoms with E-state index in [0.717, 1.165) is 0 Å². The van der Waals surface area contributed by atoms with Crippen molar-refractivity contribution in [3.05, 3.63) is 47.2 Å². The lowest BCUT2D eigenvalue weighted by molar-refractivity contribution is 0.0693. The second kappa shape index (κ2) is 5.51. The highest BCUT2D eigenvalue weighted by atomic mass is 19.1. The third-order valence-corrected chi connectivity index (χ3v) is 2.70. The molecule has 0 fully saturated rings. The van der Waals surface area contributed by atoms with Gasteiger partial charge in [-0.05, 0) is 11.6 Å². The molecule has 0 aliphatic heterocycles. The number of hydrogen-bond donors (Lipinski definition) is 1. The fourth-order valence-electron chi connectivity index (χ4n) is 1.75. The molecule has 0 aliphatic rings. The minimum absolute atomic E-state index is 0.0290. The number of rotatable bonds is 5. The molecule has 0 atom stereocenters. The van der Waals surface area contributed by atoms with Crippen LogP contribution in [0, 0.1) is 0 Å². The largest absolute Gasteiger partial charge is 0.478 e. The first-order chi connectivity index (χ1) is 9.11. The van der Waals surface area contributed by atoms with Gasteiger partial charge < -0.3 is 9.84 Å². The van der Waals surface area contributed by atoms with Crippen LogP contribution in [-0.4, -0.2) is 20.9 Å². The Hall–Kier alpha value is -2.37. The Morgan fingerprint density at radius 3 is 2.84 bits per heavy atom. The zero-order valence-corrected chi connectivity index (χ0v) is 10.3. The lowest BCUT2D eigenvalue weighted by Gasteiger charge is -2.10. The average molecular weight is 264 g/mol. The molecule has 0 bridgehead atoms. The number of alkyl halides is 1. The summed E-state index contributed by atoms with van der Waals surface area (Å²) >= 11 is 0. The molecule has 0 amide bonds. The number of aromatic nitrogens is 2. The van der Waals surface area contributed by atoms with Gasteiger partial charge in [0.2, 0.25) is 5.88 Å². The van der Waals surface area contributed by atoms with E-state index in [9.17, 15) is 9.18 Å². The zero-order valence-electron chi connectivity index (χ0n) is 10.3. The van der Waals surface area contributed by atoms with Crippen molar-refractivity contribution in [1.82, 2.24) is 9.78 Å². The number of benzene rings is 1. The average Bonchev–Trinajstić information content (AvgIpc) is 2.81. The molecular formula is C13H13FN2O3. The van der Waals surface area contributed by atoms with Crippen molar-refractivity contribution in [3.63, 3.8) is 0 Å². The van der Waals surface area contributed by atoms with Crippen LogP contribution in [0.2, 0.25) is 0 Å². The van der Waals surface area contributed by atoms with Crippen LogP contribution >= 0.6 is 0 Å². The molecule has 0 unspecified atom stereocenters. The summed E-state index contributed by atoms with van der Waals surface area (Å²) in [5.74, 6) is -0.734. The number of carbonyl (C=O) groups is 1. The fraction of sp³-hybridized carbons (Fsp3) is 0.231.